The zero-order valence-electron chi connectivity index (χ0n) is 7.01. The van der Waals surface area contributed by atoms with Crippen molar-refractivity contribution >= 4 is 0 Å². The maximum atomic E-state index is 8.99. The molecule has 0 aliphatic carbocycles. The van der Waals surface area contributed by atoms with Gasteiger partial charge in [-0.25, -0.2) is 4.68 Å². The van der Waals surface area contributed by atoms with Crippen LogP contribution in [-0.2, 0) is 6.61 Å². The van der Waals surface area contributed by atoms with Crippen LogP contribution >= 0.6 is 0 Å². The summed E-state index contributed by atoms with van der Waals surface area (Å²) < 4.78 is 1.67. The second-order valence-corrected chi connectivity index (χ2v) is 2.67. The first kappa shape index (κ1) is 8.01. The number of para-hydroxylation sites is 1. The summed E-state index contributed by atoms with van der Waals surface area (Å²) in [6, 6.07) is 11.3. The van der Waals surface area contributed by atoms with Crippen molar-refractivity contribution in [3.05, 3.63) is 48.3 Å². The van der Waals surface area contributed by atoms with Crippen LogP contribution in [0.2, 0.25) is 0 Å². The number of hydrogen-bond acceptors (Lipinski definition) is 2. The van der Waals surface area contributed by atoms with E-state index in [4.69, 9.17) is 5.11 Å². The number of hydrogen-bond donors (Lipinski definition) is 1. The standard InChI is InChI=1S/C10H9N2O/c13-8-10-6-7-11-12(10)9-4-2-1-3-5-9/h1-6,13H,8H2. The van der Waals surface area contributed by atoms with Crippen molar-refractivity contribution in [2.45, 2.75) is 6.61 Å². The Bertz CT molecular complexity index is 381. The van der Waals surface area contributed by atoms with E-state index in [2.05, 4.69) is 11.3 Å². The SMILES string of the molecule is OCc1c[c]nn1-c1ccccc1. The molecule has 3 nitrogen and oxygen atoms in total. The number of aromatic nitrogens is 2. The first-order valence-electron chi connectivity index (χ1n) is 4.03. The molecule has 0 unspecified atom stereocenters. The molecule has 1 aromatic carbocycles. The number of aliphatic hydroxyl groups excluding tert-OH is 1. The minimum atomic E-state index is -0.0224. The molecule has 0 fully saturated rings. The maximum absolute atomic E-state index is 8.99. The van der Waals surface area contributed by atoms with Gasteiger partial charge >= 0.3 is 0 Å². The van der Waals surface area contributed by atoms with Gasteiger partial charge in [-0.3, -0.25) is 0 Å². The Morgan fingerprint density at radius 2 is 2.08 bits per heavy atom. The lowest BCUT2D eigenvalue weighted by atomic mass is 10.3. The first-order valence-corrected chi connectivity index (χ1v) is 4.03. The Kier molecular flexibility index (Phi) is 2.10. The molecule has 0 saturated carbocycles. The molecule has 1 radical (unpaired) electrons. The fraction of sp³-hybridized carbons (Fsp3) is 0.100. The number of benzene rings is 1. The van der Waals surface area contributed by atoms with Crippen molar-refractivity contribution in [2.24, 2.45) is 0 Å². The van der Waals surface area contributed by atoms with E-state index in [-0.39, 0.29) is 6.61 Å². The third-order valence-corrected chi connectivity index (χ3v) is 1.82. The summed E-state index contributed by atoms with van der Waals surface area (Å²) in [6.45, 7) is -0.0224. The highest BCUT2D eigenvalue weighted by atomic mass is 16.3. The molecule has 0 saturated heterocycles. The Labute approximate surface area is 76.3 Å². The fourth-order valence-corrected chi connectivity index (χ4v) is 1.19. The van der Waals surface area contributed by atoms with Crippen molar-refractivity contribution in [1.29, 1.82) is 0 Å². The highest BCUT2D eigenvalue weighted by molar-refractivity contribution is 5.31. The van der Waals surface area contributed by atoms with Gasteiger partial charge in [-0.2, -0.15) is 5.10 Å². The summed E-state index contributed by atoms with van der Waals surface area (Å²) in [5.41, 5.74) is 1.68. The van der Waals surface area contributed by atoms with Gasteiger partial charge in [0.1, 0.15) is 6.20 Å². The molecule has 2 rings (SSSR count). The molecular formula is C10H9N2O. The van der Waals surface area contributed by atoms with Crippen LogP contribution in [0, 0.1) is 6.20 Å². The smallest absolute Gasteiger partial charge is 0.113 e. The highest BCUT2D eigenvalue weighted by Gasteiger charge is 2.01. The van der Waals surface area contributed by atoms with Crippen LogP contribution in [0.1, 0.15) is 5.69 Å². The van der Waals surface area contributed by atoms with Crippen molar-refractivity contribution < 1.29 is 5.11 Å². The van der Waals surface area contributed by atoms with Gasteiger partial charge in [0.2, 0.25) is 0 Å². The third kappa shape index (κ3) is 1.46. The summed E-state index contributed by atoms with van der Waals surface area (Å²) in [5.74, 6) is 0. The van der Waals surface area contributed by atoms with E-state index in [1.807, 2.05) is 30.3 Å². The van der Waals surface area contributed by atoms with E-state index in [9.17, 15) is 0 Å². The van der Waals surface area contributed by atoms with Gasteiger partial charge in [0.15, 0.2) is 0 Å². The van der Waals surface area contributed by atoms with Crippen LogP contribution in [0.25, 0.3) is 5.69 Å². The van der Waals surface area contributed by atoms with Crippen molar-refractivity contribution in [1.82, 2.24) is 9.78 Å². The predicted molar refractivity (Wildman–Crippen MR) is 48.3 cm³/mol. The van der Waals surface area contributed by atoms with E-state index in [0.717, 1.165) is 11.4 Å². The van der Waals surface area contributed by atoms with Crippen LogP contribution in [0.3, 0.4) is 0 Å². The van der Waals surface area contributed by atoms with Gasteiger partial charge < -0.3 is 5.11 Å². The van der Waals surface area contributed by atoms with E-state index in [1.165, 1.54) is 0 Å². The minimum Gasteiger partial charge on any atom is -0.390 e. The molecule has 1 aromatic heterocycles. The average Bonchev–Trinajstić information content (AvgIpc) is 2.67. The summed E-state index contributed by atoms with van der Waals surface area (Å²) in [7, 11) is 0. The van der Waals surface area contributed by atoms with Gasteiger partial charge in [-0.15, -0.1) is 0 Å². The quantitative estimate of drug-likeness (QED) is 0.740. The topological polar surface area (TPSA) is 38.1 Å². The predicted octanol–water partition coefficient (Wildman–Crippen LogP) is 1.16. The molecule has 65 valence electrons. The Morgan fingerprint density at radius 1 is 1.31 bits per heavy atom. The van der Waals surface area contributed by atoms with Gasteiger partial charge in [-0.1, -0.05) is 18.2 Å². The molecular weight excluding hydrogens is 164 g/mol. The van der Waals surface area contributed by atoms with E-state index >= 15 is 0 Å². The van der Waals surface area contributed by atoms with Gasteiger partial charge in [-0.05, 0) is 18.2 Å². The van der Waals surface area contributed by atoms with Crippen molar-refractivity contribution in [3.8, 4) is 5.69 Å². The van der Waals surface area contributed by atoms with Crippen molar-refractivity contribution in [3.63, 3.8) is 0 Å². The lowest BCUT2D eigenvalue weighted by Crippen LogP contribution is -2.01. The molecule has 1 N–H and O–H groups in total. The van der Waals surface area contributed by atoms with Crippen LogP contribution < -0.4 is 0 Å². The number of nitrogens with zero attached hydrogens (tertiary/aromatic N) is 2. The first-order chi connectivity index (χ1) is 6.42. The summed E-state index contributed by atoms with van der Waals surface area (Å²) in [6.07, 6.45) is 2.70. The van der Waals surface area contributed by atoms with Crippen LogP contribution in [0.15, 0.2) is 36.4 Å². The molecule has 13 heavy (non-hydrogen) atoms. The number of rotatable bonds is 2. The zero-order valence-corrected chi connectivity index (χ0v) is 7.01. The van der Waals surface area contributed by atoms with E-state index in [1.54, 1.807) is 10.7 Å². The molecule has 0 spiro atoms. The largest absolute Gasteiger partial charge is 0.390 e. The van der Waals surface area contributed by atoms with Gasteiger partial charge in [0.25, 0.3) is 0 Å². The Hall–Kier alpha value is -1.61. The fourth-order valence-electron chi connectivity index (χ4n) is 1.19. The summed E-state index contributed by atoms with van der Waals surface area (Å²) in [5, 5.41) is 13.0. The van der Waals surface area contributed by atoms with E-state index < -0.39 is 0 Å². The average molecular weight is 173 g/mol. The highest BCUT2D eigenvalue weighted by Crippen LogP contribution is 2.08. The molecule has 0 aliphatic heterocycles. The second kappa shape index (κ2) is 3.41. The molecule has 2 aromatic rings. The van der Waals surface area contributed by atoms with Crippen LogP contribution in [0.5, 0.6) is 0 Å². The van der Waals surface area contributed by atoms with Crippen LogP contribution in [-0.4, -0.2) is 14.9 Å². The minimum absolute atomic E-state index is 0.0224. The van der Waals surface area contributed by atoms with E-state index in [0.29, 0.717) is 0 Å². The van der Waals surface area contributed by atoms with Crippen LogP contribution in [0.4, 0.5) is 0 Å². The molecule has 1 heterocycles. The molecule has 3 heteroatoms. The van der Waals surface area contributed by atoms with Gasteiger partial charge in [0.05, 0.1) is 18.0 Å². The zero-order chi connectivity index (χ0) is 9.10. The second-order valence-electron chi connectivity index (χ2n) is 2.67. The normalized spacial score (nSPS) is 10.2. The lowest BCUT2D eigenvalue weighted by Gasteiger charge is -2.03. The Morgan fingerprint density at radius 3 is 2.77 bits per heavy atom. The molecule has 0 aliphatic rings. The molecule has 0 atom stereocenters. The van der Waals surface area contributed by atoms with Crippen molar-refractivity contribution in [2.75, 3.05) is 0 Å². The molecule has 0 bridgehead atoms. The summed E-state index contributed by atoms with van der Waals surface area (Å²) in [4.78, 5) is 0. The molecule has 0 amide bonds. The maximum Gasteiger partial charge on any atom is 0.113 e. The van der Waals surface area contributed by atoms with Gasteiger partial charge in [0, 0.05) is 0 Å². The number of aliphatic hydroxyl groups is 1. The Balaban J connectivity index is 2.47. The monoisotopic (exact) mass is 173 g/mol. The third-order valence-electron chi connectivity index (χ3n) is 1.82. The lowest BCUT2D eigenvalue weighted by molar-refractivity contribution is 0.273. The summed E-state index contributed by atoms with van der Waals surface area (Å²) >= 11 is 0.